The van der Waals surface area contributed by atoms with E-state index in [1.165, 1.54) is 0 Å². The van der Waals surface area contributed by atoms with E-state index in [1.807, 2.05) is 0 Å². The molecule has 4 heteroatoms. The van der Waals surface area contributed by atoms with Crippen molar-refractivity contribution < 1.29 is 9.53 Å². The van der Waals surface area contributed by atoms with Crippen molar-refractivity contribution in [3.8, 4) is 0 Å². The fraction of sp³-hybridized carbons (Fsp3) is 0.929. The summed E-state index contributed by atoms with van der Waals surface area (Å²) in [5, 5.41) is 0. The molecule has 104 valence electrons. The van der Waals surface area contributed by atoms with E-state index in [4.69, 9.17) is 10.5 Å². The van der Waals surface area contributed by atoms with Crippen LogP contribution >= 0.6 is 0 Å². The summed E-state index contributed by atoms with van der Waals surface area (Å²) >= 11 is 0. The second-order valence-electron chi connectivity index (χ2n) is 5.56. The lowest BCUT2D eigenvalue weighted by atomic mass is 9.91. The second-order valence-corrected chi connectivity index (χ2v) is 5.56. The van der Waals surface area contributed by atoms with Crippen molar-refractivity contribution in [2.75, 3.05) is 26.2 Å². The Kier molecular flexibility index (Phi) is 5.01. The number of hydrogen-bond acceptors (Lipinski definition) is 3. The maximum atomic E-state index is 12.5. The molecule has 2 unspecified atom stereocenters. The van der Waals surface area contributed by atoms with Crippen LogP contribution in [0.5, 0.6) is 0 Å². The third-order valence-corrected chi connectivity index (χ3v) is 4.43. The summed E-state index contributed by atoms with van der Waals surface area (Å²) in [6, 6.07) is 0. The first-order chi connectivity index (χ1) is 8.76. The van der Waals surface area contributed by atoms with Crippen LogP contribution in [0.3, 0.4) is 0 Å². The van der Waals surface area contributed by atoms with Crippen LogP contribution in [0.4, 0.5) is 0 Å². The molecule has 4 nitrogen and oxygen atoms in total. The predicted octanol–water partition coefficient (Wildman–Crippen LogP) is 1.39. The van der Waals surface area contributed by atoms with Crippen LogP contribution < -0.4 is 5.73 Å². The Labute approximate surface area is 110 Å². The summed E-state index contributed by atoms with van der Waals surface area (Å²) < 4.78 is 5.62. The van der Waals surface area contributed by atoms with Gasteiger partial charge in [-0.05, 0) is 44.6 Å². The van der Waals surface area contributed by atoms with Crippen LogP contribution in [0, 0.1) is 11.8 Å². The Hall–Kier alpha value is -0.610. The van der Waals surface area contributed by atoms with Crippen molar-refractivity contribution >= 4 is 5.91 Å². The van der Waals surface area contributed by atoms with Gasteiger partial charge in [0, 0.05) is 19.7 Å². The highest BCUT2D eigenvalue weighted by Crippen LogP contribution is 2.28. The molecule has 2 fully saturated rings. The van der Waals surface area contributed by atoms with Gasteiger partial charge >= 0.3 is 0 Å². The average molecular weight is 254 g/mol. The Morgan fingerprint density at radius 1 is 1.33 bits per heavy atom. The van der Waals surface area contributed by atoms with Crippen molar-refractivity contribution in [2.45, 2.75) is 45.1 Å². The quantitative estimate of drug-likeness (QED) is 0.825. The molecule has 0 spiro atoms. The molecule has 18 heavy (non-hydrogen) atoms. The number of hydrogen-bond donors (Lipinski definition) is 1. The molecule has 0 aliphatic carbocycles. The number of amides is 1. The lowest BCUT2D eigenvalue weighted by Gasteiger charge is -2.34. The number of nitrogens with zero attached hydrogens (tertiary/aromatic N) is 1. The SMILES string of the molecule is CCC1OCCC1C(=O)N1CCC(CCN)CC1. The van der Waals surface area contributed by atoms with Gasteiger partial charge in [-0.25, -0.2) is 0 Å². The molecule has 0 aromatic carbocycles. The van der Waals surface area contributed by atoms with Crippen molar-refractivity contribution in [3.05, 3.63) is 0 Å². The van der Waals surface area contributed by atoms with Gasteiger partial charge in [-0.2, -0.15) is 0 Å². The number of ether oxygens (including phenoxy) is 1. The highest BCUT2D eigenvalue weighted by atomic mass is 16.5. The van der Waals surface area contributed by atoms with Crippen LogP contribution in [0.1, 0.15) is 39.0 Å². The van der Waals surface area contributed by atoms with Gasteiger partial charge in [0.05, 0.1) is 12.0 Å². The Morgan fingerprint density at radius 2 is 2.06 bits per heavy atom. The smallest absolute Gasteiger partial charge is 0.228 e. The Balaban J connectivity index is 1.83. The molecule has 0 saturated carbocycles. The maximum Gasteiger partial charge on any atom is 0.228 e. The van der Waals surface area contributed by atoms with Crippen LogP contribution in [-0.2, 0) is 9.53 Å². The van der Waals surface area contributed by atoms with Crippen molar-refractivity contribution in [1.82, 2.24) is 4.90 Å². The lowest BCUT2D eigenvalue weighted by molar-refractivity contribution is -0.138. The summed E-state index contributed by atoms with van der Waals surface area (Å²) in [5.74, 6) is 1.16. The predicted molar refractivity (Wildman–Crippen MR) is 71.1 cm³/mol. The van der Waals surface area contributed by atoms with Gasteiger partial charge in [0.25, 0.3) is 0 Å². The van der Waals surface area contributed by atoms with E-state index in [0.29, 0.717) is 5.91 Å². The molecule has 2 saturated heterocycles. The van der Waals surface area contributed by atoms with Crippen molar-refractivity contribution in [1.29, 1.82) is 0 Å². The van der Waals surface area contributed by atoms with Gasteiger partial charge < -0.3 is 15.4 Å². The molecule has 0 bridgehead atoms. The largest absolute Gasteiger partial charge is 0.377 e. The lowest BCUT2D eigenvalue weighted by Crippen LogP contribution is -2.43. The number of carbonyl (C=O) groups is 1. The molecule has 2 heterocycles. The van der Waals surface area contributed by atoms with Crippen molar-refractivity contribution in [2.24, 2.45) is 17.6 Å². The monoisotopic (exact) mass is 254 g/mol. The van der Waals surface area contributed by atoms with Crippen LogP contribution in [-0.4, -0.2) is 43.2 Å². The van der Waals surface area contributed by atoms with Crippen LogP contribution in [0.2, 0.25) is 0 Å². The zero-order chi connectivity index (χ0) is 13.0. The van der Waals surface area contributed by atoms with Gasteiger partial charge in [0.15, 0.2) is 0 Å². The molecular weight excluding hydrogens is 228 g/mol. The van der Waals surface area contributed by atoms with E-state index in [1.54, 1.807) is 0 Å². The third-order valence-electron chi connectivity index (χ3n) is 4.43. The molecule has 2 aliphatic rings. The molecule has 0 radical (unpaired) electrons. The Morgan fingerprint density at radius 3 is 2.67 bits per heavy atom. The summed E-state index contributed by atoms with van der Waals surface area (Å²) in [7, 11) is 0. The number of likely N-dealkylation sites (tertiary alicyclic amines) is 1. The first-order valence-corrected chi connectivity index (χ1v) is 7.36. The molecule has 0 aromatic heterocycles. The van der Waals surface area contributed by atoms with E-state index in [-0.39, 0.29) is 12.0 Å². The second kappa shape index (κ2) is 6.53. The number of carbonyl (C=O) groups excluding carboxylic acids is 1. The fourth-order valence-electron chi connectivity index (χ4n) is 3.25. The van der Waals surface area contributed by atoms with E-state index in [9.17, 15) is 4.79 Å². The first-order valence-electron chi connectivity index (χ1n) is 7.36. The minimum absolute atomic E-state index is 0.112. The molecule has 2 rings (SSSR count). The first kappa shape index (κ1) is 13.8. The molecule has 0 aromatic rings. The molecule has 2 atom stereocenters. The zero-order valence-electron chi connectivity index (χ0n) is 11.4. The van der Waals surface area contributed by atoms with Crippen LogP contribution in [0.25, 0.3) is 0 Å². The van der Waals surface area contributed by atoms with E-state index in [2.05, 4.69) is 11.8 Å². The Bertz CT molecular complexity index is 275. The number of nitrogens with two attached hydrogens (primary N) is 1. The fourth-order valence-corrected chi connectivity index (χ4v) is 3.25. The van der Waals surface area contributed by atoms with Gasteiger partial charge in [-0.1, -0.05) is 6.92 Å². The molecule has 1 amide bonds. The zero-order valence-corrected chi connectivity index (χ0v) is 11.4. The standard InChI is InChI=1S/C14H26N2O2/c1-2-13-12(6-10-18-13)14(17)16-8-4-11(3-7-15)5-9-16/h11-13H,2-10,15H2,1H3. The van der Waals surface area contributed by atoms with E-state index >= 15 is 0 Å². The number of piperidine rings is 1. The van der Waals surface area contributed by atoms with Gasteiger partial charge in [-0.15, -0.1) is 0 Å². The normalized spacial score (nSPS) is 29.8. The summed E-state index contributed by atoms with van der Waals surface area (Å²) in [5.41, 5.74) is 5.59. The number of rotatable bonds is 4. The van der Waals surface area contributed by atoms with Crippen LogP contribution in [0.15, 0.2) is 0 Å². The average Bonchev–Trinajstić information content (AvgIpc) is 2.87. The minimum Gasteiger partial charge on any atom is -0.377 e. The van der Waals surface area contributed by atoms with E-state index in [0.717, 1.165) is 64.3 Å². The molecule has 2 N–H and O–H groups in total. The summed E-state index contributed by atoms with van der Waals surface area (Å²) in [6.45, 7) is 5.45. The highest BCUT2D eigenvalue weighted by molar-refractivity contribution is 5.79. The highest BCUT2D eigenvalue weighted by Gasteiger charge is 2.36. The molecule has 2 aliphatic heterocycles. The topological polar surface area (TPSA) is 55.6 Å². The van der Waals surface area contributed by atoms with Gasteiger partial charge in [0.1, 0.15) is 0 Å². The van der Waals surface area contributed by atoms with Gasteiger partial charge in [0.2, 0.25) is 5.91 Å². The summed E-state index contributed by atoms with van der Waals surface area (Å²) in [4.78, 5) is 14.5. The van der Waals surface area contributed by atoms with Crippen molar-refractivity contribution in [3.63, 3.8) is 0 Å². The third kappa shape index (κ3) is 3.04. The molecular formula is C14H26N2O2. The van der Waals surface area contributed by atoms with Gasteiger partial charge in [-0.3, -0.25) is 4.79 Å². The minimum atomic E-state index is 0.112. The summed E-state index contributed by atoms with van der Waals surface area (Å²) in [6.07, 6.45) is 5.34. The maximum absolute atomic E-state index is 12.5. The van der Waals surface area contributed by atoms with E-state index < -0.39 is 0 Å².